The van der Waals surface area contributed by atoms with Crippen LogP contribution in [0, 0.1) is 0 Å². The average molecular weight is 657 g/mol. The first-order chi connectivity index (χ1) is 25.6. The van der Waals surface area contributed by atoms with Crippen LogP contribution in [0.15, 0.2) is 170 Å². The fraction of sp³-hybridized carbons (Fsp3) is 0. The van der Waals surface area contributed by atoms with Gasteiger partial charge in [0.05, 0.1) is 0 Å². The van der Waals surface area contributed by atoms with E-state index in [1.807, 2.05) is 0 Å². The second-order valence-electron chi connectivity index (χ2n) is 14.2. The minimum Gasteiger partial charge on any atom is -0.0911 e. The van der Waals surface area contributed by atoms with Gasteiger partial charge in [-0.2, -0.15) is 0 Å². The van der Waals surface area contributed by atoms with Crippen molar-refractivity contribution >= 4 is 88.6 Å². The lowest BCUT2D eigenvalue weighted by atomic mass is 9.83. The third-order valence-corrected chi connectivity index (χ3v) is 11.4. The van der Waals surface area contributed by atoms with Crippen LogP contribution in [0.5, 0.6) is 0 Å². The van der Waals surface area contributed by atoms with Crippen molar-refractivity contribution in [3.05, 3.63) is 180 Å². The van der Waals surface area contributed by atoms with Crippen LogP contribution >= 0.6 is 0 Å². The molecule has 0 unspecified atom stereocenters. The summed E-state index contributed by atoms with van der Waals surface area (Å²) in [6, 6.07) is 62.7. The molecule has 0 aliphatic carbocycles. The number of hydrogen-bond acceptors (Lipinski definition) is 0. The van der Waals surface area contributed by atoms with E-state index in [1.54, 1.807) is 0 Å². The van der Waals surface area contributed by atoms with Gasteiger partial charge in [0.25, 0.3) is 0 Å². The van der Waals surface area contributed by atoms with E-state index in [1.165, 1.54) is 109 Å². The summed E-state index contributed by atoms with van der Waals surface area (Å²) in [5.74, 6) is 0. The van der Waals surface area contributed by atoms with Crippen molar-refractivity contribution in [3.63, 3.8) is 0 Å². The maximum Gasteiger partial charge on any atom is -0.00201 e. The zero-order valence-corrected chi connectivity index (χ0v) is 28.6. The van der Waals surface area contributed by atoms with Crippen molar-refractivity contribution in [2.75, 3.05) is 0 Å². The second-order valence-corrected chi connectivity index (χ2v) is 14.2. The maximum atomic E-state index is 4.61. The monoisotopic (exact) mass is 656 g/mol. The zero-order chi connectivity index (χ0) is 34.5. The van der Waals surface area contributed by atoms with Gasteiger partial charge in [-0.25, -0.2) is 0 Å². The molecule has 0 aliphatic heterocycles. The van der Waals surface area contributed by atoms with Gasteiger partial charge < -0.3 is 0 Å². The van der Waals surface area contributed by atoms with E-state index in [-0.39, 0.29) is 0 Å². The average Bonchev–Trinajstić information content (AvgIpc) is 3.19. The summed E-state index contributed by atoms with van der Waals surface area (Å²) in [5.41, 5.74) is 7.32. The van der Waals surface area contributed by atoms with Crippen LogP contribution in [0.1, 0.15) is 0 Å². The van der Waals surface area contributed by atoms with E-state index in [2.05, 4.69) is 183 Å². The Bertz CT molecular complexity index is 3380. The molecule has 240 valence electrons. The van der Waals surface area contributed by atoms with E-state index in [4.69, 9.17) is 0 Å². The molecule has 0 aromatic heterocycles. The minimum atomic E-state index is 1.01. The van der Waals surface area contributed by atoms with Crippen LogP contribution in [0.4, 0.5) is 0 Å². The van der Waals surface area contributed by atoms with Crippen molar-refractivity contribution in [3.8, 4) is 33.4 Å². The van der Waals surface area contributed by atoms with Crippen LogP contribution in [-0.4, -0.2) is 0 Å². The highest BCUT2D eigenvalue weighted by Gasteiger charge is 2.20. The Morgan fingerprint density at radius 2 is 0.673 bits per heavy atom. The lowest BCUT2D eigenvalue weighted by Crippen LogP contribution is -2.08. The van der Waals surface area contributed by atoms with Crippen LogP contribution in [0.25, 0.3) is 122 Å². The van der Waals surface area contributed by atoms with E-state index >= 15 is 0 Å². The SMILES string of the molecule is C=c1ccc(-c2ccc3ccccc3c2)c2cc(-c3cc4c(-c5ccc6ccccc6c5)ccc5ccc6cccc3c6c54)c3cccc(=C)c3c12. The predicted octanol–water partition coefficient (Wildman–Crippen LogP) is 13.0. The highest BCUT2D eigenvalue weighted by atomic mass is 14.2. The Morgan fingerprint density at radius 1 is 0.250 bits per heavy atom. The van der Waals surface area contributed by atoms with E-state index in [0.717, 1.165) is 10.4 Å². The number of rotatable bonds is 3. The summed E-state index contributed by atoms with van der Waals surface area (Å²) >= 11 is 0. The molecule has 0 atom stereocenters. The molecular weight excluding hydrogens is 625 g/mol. The van der Waals surface area contributed by atoms with Gasteiger partial charge >= 0.3 is 0 Å². The summed E-state index contributed by atoms with van der Waals surface area (Å²) in [6.07, 6.45) is 0. The quantitative estimate of drug-likeness (QED) is 0.166. The van der Waals surface area contributed by atoms with Gasteiger partial charge in [-0.1, -0.05) is 159 Å². The van der Waals surface area contributed by atoms with Gasteiger partial charge in [-0.15, -0.1) is 0 Å². The molecular formula is C52H32. The summed E-state index contributed by atoms with van der Waals surface area (Å²) < 4.78 is 0. The molecule has 0 radical (unpaired) electrons. The number of hydrogen-bond donors (Lipinski definition) is 0. The molecule has 0 heterocycles. The van der Waals surface area contributed by atoms with Gasteiger partial charge in [0.1, 0.15) is 0 Å². The second kappa shape index (κ2) is 10.9. The van der Waals surface area contributed by atoms with Crippen LogP contribution < -0.4 is 10.4 Å². The van der Waals surface area contributed by atoms with Crippen molar-refractivity contribution in [1.29, 1.82) is 0 Å². The van der Waals surface area contributed by atoms with Gasteiger partial charge in [0.2, 0.25) is 0 Å². The van der Waals surface area contributed by atoms with Crippen molar-refractivity contribution in [2.24, 2.45) is 0 Å². The first-order valence-electron chi connectivity index (χ1n) is 18.0. The molecule has 11 aromatic rings. The first-order valence-corrected chi connectivity index (χ1v) is 18.0. The Hall–Kier alpha value is -6.76. The third-order valence-electron chi connectivity index (χ3n) is 11.4. The van der Waals surface area contributed by atoms with Crippen molar-refractivity contribution in [2.45, 2.75) is 0 Å². The molecule has 0 spiro atoms. The summed E-state index contributed by atoms with van der Waals surface area (Å²) in [4.78, 5) is 0. The summed E-state index contributed by atoms with van der Waals surface area (Å²) in [5, 5.41) is 19.4. The van der Waals surface area contributed by atoms with E-state index in [0.29, 0.717) is 0 Å². The van der Waals surface area contributed by atoms with Gasteiger partial charge in [-0.3, -0.25) is 0 Å². The lowest BCUT2D eigenvalue weighted by Gasteiger charge is -2.20. The molecule has 0 bridgehead atoms. The third kappa shape index (κ3) is 4.16. The van der Waals surface area contributed by atoms with Crippen LogP contribution in [-0.2, 0) is 0 Å². The fourth-order valence-electron chi connectivity index (χ4n) is 8.93. The molecule has 0 N–H and O–H groups in total. The fourth-order valence-corrected chi connectivity index (χ4v) is 8.93. The lowest BCUT2D eigenvalue weighted by molar-refractivity contribution is 1.64. The van der Waals surface area contributed by atoms with Crippen LogP contribution in [0.3, 0.4) is 0 Å². The summed E-state index contributed by atoms with van der Waals surface area (Å²) in [7, 11) is 0. The molecule has 0 nitrogen and oxygen atoms in total. The number of benzene rings is 11. The Labute approximate surface area is 301 Å². The van der Waals surface area contributed by atoms with Gasteiger partial charge in [0, 0.05) is 0 Å². The Kier molecular flexibility index (Phi) is 6.06. The normalized spacial score (nSPS) is 12.0. The van der Waals surface area contributed by atoms with Crippen molar-refractivity contribution < 1.29 is 0 Å². The van der Waals surface area contributed by atoms with Gasteiger partial charge in [-0.05, 0) is 143 Å². The van der Waals surface area contributed by atoms with Crippen LogP contribution in [0.2, 0.25) is 0 Å². The standard InChI is InChI=1S/C52H32/c1-31-9-7-15-43-45(29-47-41(25-17-32(2)50(47)49(31)43)39-22-18-33-10-3-5-12-37(33)27-39)46-30-48-42(40-23-19-34-11-4-6-13-38(34)28-40)26-24-36-21-20-35-14-8-16-44(46)51(35)52(36)48/h3-30H,1-2H2. The van der Waals surface area contributed by atoms with E-state index < -0.39 is 0 Å². The highest BCUT2D eigenvalue weighted by molar-refractivity contribution is 6.30. The summed E-state index contributed by atoms with van der Waals surface area (Å²) in [6.45, 7) is 9.19. The first kappa shape index (κ1) is 29.0. The zero-order valence-electron chi connectivity index (χ0n) is 28.6. The molecule has 11 aromatic carbocycles. The topological polar surface area (TPSA) is 0 Å². The molecule has 11 rings (SSSR count). The molecule has 0 fully saturated rings. The molecule has 0 heteroatoms. The largest absolute Gasteiger partial charge is 0.0911 e. The Morgan fingerprint density at radius 3 is 1.33 bits per heavy atom. The van der Waals surface area contributed by atoms with E-state index in [9.17, 15) is 0 Å². The predicted molar refractivity (Wildman–Crippen MR) is 227 cm³/mol. The number of fused-ring (bicyclic) bond motifs is 5. The van der Waals surface area contributed by atoms with Crippen molar-refractivity contribution in [1.82, 2.24) is 0 Å². The molecule has 0 saturated heterocycles. The molecule has 0 saturated carbocycles. The molecule has 52 heavy (non-hydrogen) atoms. The highest BCUT2D eigenvalue weighted by Crippen LogP contribution is 2.46. The van der Waals surface area contributed by atoms with Gasteiger partial charge in [0.15, 0.2) is 0 Å². The Balaban J connectivity index is 1.29. The maximum absolute atomic E-state index is 4.61. The smallest absolute Gasteiger partial charge is 0.00201 e. The minimum absolute atomic E-state index is 1.01. The molecule has 0 amide bonds. The molecule has 0 aliphatic rings.